The van der Waals surface area contributed by atoms with Crippen molar-refractivity contribution in [1.29, 1.82) is 0 Å². The highest BCUT2D eigenvalue weighted by atomic mass is 19.1. The van der Waals surface area contributed by atoms with E-state index in [-0.39, 0.29) is 67.1 Å². The topological polar surface area (TPSA) is 176 Å². The van der Waals surface area contributed by atoms with E-state index < -0.39 is 11.7 Å². The van der Waals surface area contributed by atoms with Crippen LogP contribution < -0.4 is 21.9 Å². The Morgan fingerprint density at radius 3 is 2.43 bits per heavy atom. The maximum Gasteiger partial charge on any atom is 0.272 e. The minimum absolute atomic E-state index is 0.0504. The first-order chi connectivity index (χ1) is 25.7. The number of carbonyl (C=O) groups is 3. The van der Waals surface area contributed by atoms with Crippen molar-refractivity contribution in [2.75, 3.05) is 64.8 Å². The molecular formula is C39H41FN8O5. The molecule has 0 aliphatic carbocycles. The highest BCUT2D eigenvalue weighted by Crippen LogP contribution is 2.23. The van der Waals surface area contributed by atoms with Gasteiger partial charge in [0.25, 0.3) is 17.4 Å². The number of nitrogen functional groups attached to an aromatic ring is 1. The molecule has 5 aromatic rings. The SMILES string of the molecule is Cc1cccc(-c2cnc(C(=O)NCCOCCNCC(=O)N3CCN(C(=O)c4cc(Cc5n[nH]c(=O)c6ccccc56)ccc4F)CC3)c(N)c2)c1. The van der Waals surface area contributed by atoms with Gasteiger partial charge in [0.1, 0.15) is 5.82 Å². The average molecular weight is 721 g/mol. The number of benzene rings is 3. The first-order valence-corrected chi connectivity index (χ1v) is 17.4. The van der Waals surface area contributed by atoms with Gasteiger partial charge in [-0.05, 0) is 42.3 Å². The number of pyridine rings is 1. The van der Waals surface area contributed by atoms with Crippen molar-refractivity contribution in [3.8, 4) is 11.1 Å². The minimum atomic E-state index is -0.629. The number of anilines is 1. The van der Waals surface area contributed by atoms with Crippen LogP contribution >= 0.6 is 0 Å². The van der Waals surface area contributed by atoms with Gasteiger partial charge in [-0.2, -0.15) is 5.10 Å². The lowest BCUT2D eigenvalue weighted by Crippen LogP contribution is -2.52. The molecule has 1 aliphatic rings. The molecule has 0 bridgehead atoms. The summed E-state index contributed by atoms with van der Waals surface area (Å²) >= 11 is 0. The van der Waals surface area contributed by atoms with E-state index in [1.165, 1.54) is 12.1 Å². The highest BCUT2D eigenvalue weighted by Gasteiger charge is 2.26. The molecule has 274 valence electrons. The number of nitrogens with two attached hydrogens (primary N) is 1. The van der Waals surface area contributed by atoms with Gasteiger partial charge in [0, 0.05) is 62.8 Å². The van der Waals surface area contributed by atoms with Crippen molar-refractivity contribution >= 4 is 34.2 Å². The molecule has 0 atom stereocenters. The summed E-state index contributed by atoms with van der Waals surface area (Å²) in [6.45, 7) is 4.58. The smallest absolute Gasteiger partial charge is 0.272 e. The van der Waals surface area contributed by atoms with Crippen LogP contribution in [0.25, 0.3) is 21.9 Å². The number of H-pyrrole nitrogens is 1. The normalized spacial score (nSPS) is 12.9. The molecule has 0 radical (unpaired) electrons. The van der Waals surface area contributed by atoms with Gasteiger partial charge in [0.15, 0.2) is 5.69 Å². The molecule has 3 amide bonds. The summed E-state index contributed by atoms with van der Waals surface area (Å²) in [5.41, 5.74) is 10.4. The van der Waals surface area contributed by atoms with Crippen molar-refractivity contribution in [3.05, 3.63) is 123 Å². The number of carbonyl (C=O) groups excluding carboxylic acids is 3. The van der Waals surface area contributed by atoms with Crippen molar-refractivity contribution in [2.24, 2.45) is 0 Å². The summed E-state index contributed by atoms with van der Waals surface area (Å²) in [4.78, 5) is 58.3. The molecule has 1 aliphatic heterocycles. The van der Waals surface area contributed by atoms with Crippen molar-refractivity contribution in [3.63, 3.8) is 0 Å². The molecule has 0 spiro atoms. The van der Waals surface area contributed by atoms with E-state index in [2.05, 4.69) is 25.8 Å². The number of hydrogen-bond donors (Lipinski definition) is 4. The Hall–Kier alpha value is -5.99. The Bertz CT molecular complexity index is 2180. The molecule has 14 heteroatoms. The zero-order chi connectivity index (χ0) is 37.3. The lowest BCUT2D eigenvalue weighted by molar-refractivity contribution is -0.131. The van der Waals surface area contributed by atoms with E-state index in [4.69, 9.17) is 10.5 Å². The highest BCUT2D eigenvalue weighted by molar-refractivity contribution is 5.98. The lowest BCUT2D eigenvalue weighted by atomic mass is 10.0. The summed E-state index contributed by atoms with van der Waals surface area (Å²) in [6.07, 6.45) is 1.93. The number of ether oxygens (including phenoxy) is 1. The fraction of sp³-hybridized carbons (Fsp3) is 0.282. The fourth-order valence-electron chi connectivity index (χ4n) is 6.20. The average Bonchev–Trinajstić information content (AvgIpc) is 3.17. The van der Waals surface area contributed by atoms with Crippen LogP contribution in [0.2, 0.25) is 0 Å². The van der Waals surface area contributed by atoms with E-state index in [0.29, 0.717) is 54.7 Å². The first-order valence-electron chi connectivity index (χ1n) is 17.4. The zero-order valence-electron chi connectivity index (χ0n) is 29.4. The molecule has 3 aromatic carbocycles. The van der Waals surface area contributed by atoms with E-state index in [9.17, 15) is 23.6 Å². The molecule has 53 heavy (non-hydrogen) atoms. The third kappa shape index (κ3) is 9.09. The number of aromatic nitrogens is 3. The van der Waals surface area contributed by atoms with Crippen LogP contribution in [0.1, 0.15) is 37.7 Å². The number of hydrogen-bond acceptors (Lipinski definition) is 9. The number of aryl methyl sites for hydroxylation is 1. The van der Waals surface area contributed by atoms with Gasteiger partial charge >= 0.3 is 0 Å². The third-order valence-corrected chi connectivity index (χ3v) is 9.04. The number of fused-ring (bicyclic) bond motifs is 1. The molecule has 13 nitrogen and oxygen atoms in total. The van der Waals surface area contributed by atoms with Crippen LogP contribution in [-0.2, 0) is 16.0 Å². The number of nitrogens with zero attached hydrogens (tertiary/aromatic N) is 4. The largest absolute Gasteiger partial charge is 0.397 e. The minimum Gasteiger partial charge on any atom is -0.397 e. The molecule has 0 unspecified atom stereocenters. The molecule has 1 saturated heterocycles. The number of nitrogens with one attached hydrogen (secondary N) is 3. The van der Waals surface area contributed by atoms with Gasteiger partial charge in [-0.3, -0.25) is 19.2 Å². The molecule has 0 saturated carbocycles. The van der Waals surface area contributed by atoms with Gasteiger partial charge < -0.3 is 30.9 Å². The third-order valence-electron chi connectivity index (χ3n) is 9.04. The van der Waals surface area contributed by atoms with E-state index >= 15 is 0 Å². The monoisotopic (exact) mass is 720 g/mol. The number of aromatic amines is 1. The lowest BCUT2D eigenvalue weighted by Gasteiger charge is -2.35. The number of rotatable bonds is 13. The van der Waals surface area contributed by atoms with Crippen molar-refractivity contribution < 1.29 is 23.5 Å². The van der Waals surface area contributed by atoms with E-state index in [1.54, 1.807) is 46.3 Å². The molecule has 2 aromatic heterocycles. The summed E-state index contributed by atoms with van der Waals surface area (Å²) < 4.78 is 20.4. The van der Waals surface area contributed by atoms with Crippen LogP contribution in [0.15, 0.2) is 83.8 Å². The predicted molar refractivity (Wildman–Crippen MR) is 199 cm³/mol. The fourth-order valence-corrected chi connectivity index (χ4v) is 6.20. The van der Waals surface area contributed by atoms with Crippen molar-refractivity contribution in [1.82, 2.24) is 35.6 Å². The Morgan fingerprint density at radius 1 is 0.906 bits per heavy atom. The van der Waals surface area contributed by atoms with E-state index in [1.807, 2.05) is 37.3 Å². The summed E-state index contributed by atoms with van der Waals surface area (Å²) in [6, 6.07) is 21.2. The standard InChI is InChI=1S/C39H41FN8O5/c1-25-5-4-6-27(19-25)28-22-33(41)36(44-23-28)38(51)43-12-18-53-17-11-42-24-35(49)47-13-15-48(16-14-47)39(52)31-20-26(9-10-32(31)40)21-34-29-7-2-3-8-30(29)37(50)46-45-34/h2-10,19-20,22-23,42H,11-18,21,24,41H2,1H3,(H,43,51)(H,46,50). The van der Waals surface area contributed by atoms with Crippen molar-refractivity contribution in [2.45, 2.75) is 13.3 Å². The molecule has 3 heterocycles. The van der Waals surface area contributed by atoms with Gasteiger partial charge in [-0.15, -0.1) is 0 Å². The van der Waals surface area contributed by atoms with Gasteiger partial charge in [0.2, 0.25) is 5.91 Å². The van der Waals surface area contributed by atoms with Crippen LogP contribution in [-0.4, -0.2) is 102 Å². The summed E-state index contributed by atoms with van der Waals surface area (Å²) in [5, 5.41) is 13.7. The second-order valence-electron chi connectivity index (χ2n) is 12.8. The second-order valence-corrected chi connectivity index (χ2v) is 12.8. The molecule has 6 rings (SSSR count). The Kier molecular flexibility index (Phi) is 11.8. The Morgan fingerprint density at radius 2 is 1.66 bits per heavy atom. The van der Waals surface area contributed by atoms with Crippen LogP contribution in [0.3, 0.4) is 0 Å². The molecular weight excluding hydrogens is 679 g/mol. The number of piperazine rings is 1. The summed E-state index contributed by atoms with van der Waals surface area (Å²) in [7, 11) is 0. The Labute approximate surface area is 305 Å². The van der Waals surface area contributed by atoms with Crippen LogP contribution in [0, 0.1) is 12.7 Å². The first kappa shape index (κ1) is 36.8. The predicted octanol–water partition coefficient (Wildman–Crippen LogP) is 2.93. The van der Waals surface area contributed by atoms with Crippen LogP contribution in [0.4, 0.5) is 10.1 Å². The van der Waals surface area contributed by atoms with Gasteiger partial charge in [-0.25, -0.2) is 14.5 Å². The van der Waals surface area contributed by atoms with Crippen LogP contribution in [0.5, 0.6) is 0 Å². The second kappa shape index (κ2) is 17.0. The maximum atomic E-state index is 14.9. The summed E-state index contributed by atoms with van der Waals surface area (Å²) in [5.74, 6) is -1.58. The van der Waals surface area contributed by atoms with Gasteiger partial charge in [0.05, 0.1) is 42.1 Å². The number of amides is 3. The van der Waals surface area contributed by atoms with Gasteiger partial charge in [-0.1, -0.05) is 54.1 Å². The number of halogens is 1. The maximum absolute atomic E-state index is 14.9. The quantitative estimate of drug-likeness (QED) is 0.133. The van der Waals surface area contributed by atoms with E-state index in [0.717, 1.165) is 16.7 Å². The molecule has 5 N–H and O–H groups in total. The Balaban J connectivity index is 0.881. The molecule has 1 fully saturated rings. The zero-order valence-corrected chi connectivity index (χ0v) is 29.4.